The van der Waals surface area contributed by atoms with Gasteiger partial charge >= 0.3 is 0 Å². The van der Waals surface area contributed by atoms with E-state index in [0.717, 1.165) is 100 Å². The summed E-state index contributed by atoms with van der Waals surface area (Å²) in [5.41, 5.74) is 15.3. The van der Waals surface area contributed by atoms with Crippen molar-refractivity contribution in [3.63, 3.8) is 0 Å². The van der Waals surface area contributed by atoms with Gasteiger partial charge in [-0.2, -0.15) is 0 Å². The smallest absolute Gasteiger partial charge is 0.227 e. The SMILES string of the molecule is c1ccc(-c2nc3cc(N(c4ccc5oc6ccccc6c5c4)c4ccccc4-c4ccccc4)cc(N(c4ccccc4)c4ccc5c(c4)c4ccccc4n5-c4ccccc4)c3o2)cc1. The maximum Gasteiger partial charge on any atom is 0.227 e. The number of nitrogens with zero attached hydrogens (tertiary/aromatic N) is 4. The molecule has 0 aliphatic rings. The summed E-state index contributed by atoms with van der Waals surface area (Å²) >= 11 is 0. The van der Waals surface area contributed by atoms with Gasteiger partial charge in [-0.25, -0.2) is 4.98 Å². The molecule has 0 fully saturated rings. The molecule has 0 spiro atoms. The minimum atomic E-state index is 0.547. The van der Waals surface area contributed by atoms with Gasteiger partial charge in [-0.3, -0.25) is 0 Å². The monoisotopic (exact) mass is 860 g/mol. The zero-order valence-electron chi connectivity index (χ0n) is 36.2. The highest BCUT2D eigenvalue weighted by atomic mass is 16.3. The van der Waals surface area contributed by atoms with Crippen LogP contribution in [-0.4, -0.2) is 9.55 Å². The fourth-order valence-corrected chi connectivity index (χ4v) is 9.77. The highest BCUT2D eigenvalue weighted by Gasteiger charge is 2.26. The fraction of sp³-hybridized carbons (Fsp3) is 0. The number of furan rings is 1. The average Bonchev–Trinajstić information content (AvgIpc) is 4.10. The molecule has 13 aromatic rings. The zero-order valence-corrected chi connectivity index (χ0v) is 36.2. The molecule has 0 amide bonds. The van der Waals surface area contributed by atoms with E-state index in [0.29, 0.717) is 11.5 Å². The molecule has 0 atom stereocenters. The van der Waals surface area contributed by atoms with Crippen LogP contribution in [0, 0.1) is 0 Å². The molecule has 316 valence electrons. The van der Waals surface area contributed by atoms with Crippen molar-refractivity contribution in [2.45, 2.75) is 0 Å². The molecule has 0 N–H and O–H groups in total. The summed E-state index contributed by atoms with van der Waals surface area (Å²) in [5.74, 6) is 0.547. The number of anilines is 6. The van der Waals surface area contributed by atoms with E-state index in [1.807, 2.05) is 42.5 Å². The van der Waals surface area contributed by atoms with Gasteiger partial charge in [-0.05, 0) is 109 Å². The zero-order chi connectivity index (χ0) is 44.3. The van der Waals surface area contributed by atoms with Gasteiger partial charge < -0.3 is 23.2 Å². The Morgan fingerprint density at radius 3 is 1.73 bits per heavy atom. The molecule has 0 saturated carbocycles. The van der Waals surface area contributed by atoms with Crippen LogP contribution in [0.1, 0.15) is 0 Å². The Hall–Kier alpha value is -9.13. The topological polar surface area (TPSA) is 50.6 Å². The first kappa shape index (κ1) is 38.3. The van der Waals surface area contributed by atoms with Crippen LogP contribution < -0.4 is 9.80 Å². The van der Waals surface area contributed by atoms with Crippen molar-refractivity contribution in [2.75, 3.05) is 9.80 Å². The van der Waals surface area contributed by atoms with Gasteiger partial charge in [0.1, 0.15) is 16.7 Å². The predicted octanol–water partition coefficient (Wildman–Crippen LogP) is 17.1. The molecular weight excluding hydrogens is 821 g/mol. The van der Waals surface area contributed by atoms with Crippen molar-refractivity contribution in [2.24, 2.45) is 0 Å². The van der Waals surface area contributed by atoms with Crippen molar-refractivity contribution in [1.29, 1.82) is 0 Å². The largest absolute Gasteiger partial charge is 0.456 e. The number of aromatic nitrogens is 2. The summed E-state index contributed by atoms with van der Waals surface area (Å²) in [6.07, 6.45) is 0. The molecule has 67 heavy (non-hydrogen) atoms. The second-order valence-corrected chi connectivity index (χ2v) is 16.8. The summed E-state index contributed by atoms with van der Waals surface area (Å²) in [6, 6.07) is 85.1. The highest BCUT2D eigenvalue weighted by Crippen LogP contribution is 2.49. The molecule has 6 nitrogen and oxygen atoms in total. The van der Waals surface area contributed by atoms with Crippen LogP contribution in [0.4, 0.5) is 34.1 Å². The summed E-state index contributed by atoms with van der Waals surface area (Å²) < 4.78 is 15.7. The van der Waals surface area contributed by atoms with E-state index in [1.54, 1.807) is 0 Å². The Kier molecular flexibility index (Phi) is 9.06. The van der Waals surface area contributed by atoms with Crippen LogP contribution in [0.2, 0.25) is 0 Å². The Bertz CT molecular complexity index is 3930. The van der Waals surface area contributed by atoms with Gasteiger partial charge in [0.2, 0.25) is 5.89 Å². The average molecular weight is 861 g/mol. The van der Waals surface area contributed by atoms with E-state index < -0.39 is 0 Å². The van der Waals surface area contributed by atoms with Crippen LogP contribution in [0.15, 0.2) is 251 Å². The summed E-state index contributed by atoms with van der Waals surface area (Å²) in [7, 11) is 0. The Morgan fingerprint density at radius 2 is 0.940 bits per heavy atom. The van der Waals surface area contributed by atoms with E-state index in [4.69, 9.17) is 13.8 Å². The first-order chi connectivity index (χ1) is 33.2. The molecular formula is C61H40N4O2. The Balaban J connectivity index is 1.10. The molecule has 0 unspecified atom stereocenters. The van der Waals surface area contributed by atoms with Gasteiger partial charge in [0.05, 0.1) is 28.1 Å². The normalized spacial score (nSPS) is 11.6. The van der Waals surface area contributed by atoms with Gasteiger partial charge in [0.15, 0.2) is 5.58 Å². The van der Waals surface area contributed by atoms with E-state index in [9.17, 15) is 0 Å². The first-order valence-corrected chi connectivity index (χ1v) is 22.5. The van der Waals surface area contributed by atoms with Crippen molar-refractivity contribution in [3.8, 4) is 28.3 Å². The van der Waals surface area contributed by atoms with Gasteiger partial charge in [0, 0.05) is 55.4 Å². The quantitative estimate of drug-likeness (QED) is 0.145. The lowest BCUT2D eigenvalue weighted by Gasteiger charge is -2.30. The molecule has 13 rings (SSSR count). The third-order valence-electron chi connectivity index (χ3n) is 12.8. The third kappa shape index (κ3) is 6.53. The van der Waals surface area contributed by atoms with Crippen LogP contribution in [-0.2, 0) is 0 Å². The molecule has 6 heteroatoms. The Morgan fingerprint density at radius 1 is 0.358 bits per heavy atom. The lowest BCUT2D eigenvalue weighted by atomic mass is 10.0. The van der Waals surface area contributed by atoms with E-state index in [1.165, 1.54) is 5.39 Å². The van der Waals surface area contributed by atoms with E-state index in [-0.39, 0.29) is 0 Å². The molecule has 0 aliphatic carbocycles. The maximum absolute atomic E-state index is 6.98. The van der Waals surface area contributed by atoms with Crippen molar-refractivity contribution in [1.82, 2.24) is 9.55 Å². The standard InChI is InChI=1S/C61H40N4O2/c1-5-19-41(20-6-1)48-27-13-16-30-54(48)64(46-34-36-59-52(38-46)50-29-15-18-32-58(50)66-59)47-39-53-60(67-61(62-53)42-21-7-2-8-22-42)57(40-47)63(43-23-9-3-10-24-43)45-33-35-56-51(37-45)49-28-14-17-31-55(49)65(56)44-25-11-4-12-26-44/h1-40H. The molecule has 0 bridgehead atoms. The second-order valence-electron chi connectivity index (χ2n) is 16.8. The molecule has 10 aromatic carbocycles. The van der Waals surface area contributed by atoms with Gasteiger partial charge in [-0.15, -0.1) is 0 Å². The van der Waals surface area contributed by atoms with Crippen LogP contribution >= 0.6 is 0 Å². The Labute approximate surface area is 386 Å². The van der Waals surface area contributed by atoms with Crippen LogP contribution in [0.5, 0.6) is 0 Å². The maximum atomic E-state index is 6.98. The van der Waals surface area contributed by atoms with E-state index in [2.05, 4.69) is 215 Å². The number of rotatable bonds is 9. The number of benzene rings is 10. The highest BCUT2D eigenvalue weighted by molar-refractivity contribution is 6.12. The van der Waals surface area contributed by atoms with Gasteiger partial charge in [-0.1, -0.05) is 140 Å². The summed E-state index contributed by atoms with van der Waals surface area (Å²) in [6.45, 7) is 0. The number of hydrogen-bond donors (Lipinski definition) is 0. The third-order valence-corrected chi connectivity index (χ3v) is 12.8. The number of oxazole rings is 1. The predicted molar refractivity (Wildman–Crippen MR) is 276 cm³/mol. The number of fused-ring (bicyclic) bond motifs is 7. The first-order valence-electron chi connectivity index (χ1n) is 22.5. The van der Waals surface area contributed by atoms with Crippen molar-refractivity contribution in [3.05, 3.63) is 243 Å². The van der Waals surface area contributed by atoms with Crippen molar-refractivity contribution < 1.29 is 8.83 Å². The summed E-state index contributed by atoms with van der Waals surface area (Å²) in [4.78, 5) is 9.96. The molecule has 3 aromatic heterocycles. The summed E-state index contributed by atoms with van der Waals surface area (Å²) in [5, 5.41) is 4.42. The van der Waals surface area contributed by atoms with Crippen LogP contribution in [0.3, 0.4) is 0 Å². The van der Waals surface area contributed by atoms with Crippen LogP contribution in [0.25, 0.3) is 83.1 Å². The minimum absolute atomic E-state index is 0.547. The second kappa shape index (κ2) is 15.8. The van der Waals surface area contributed by atoms with Crippen molar-refractivity contribution >= 4 is 89.0 Å². The minimum Gasteiger partial charge on any atom is -0.456 e. The number of para-hydroxylation sites is 5. The molecule has 0 radical (unpaired) electrons. The van der Waals surface area contributed by atoms with Gasteiger partial charge in [0.25, 0.3) is 0 Å². The lowest BCUT2D eigenvalue weighted by molar-refractivity contribution is 0.620. The molecule has 0 aliphatic heterocycles. The fourth-order valence-electron chi connectivity index (χ4n) is 9.77. The van der Waals surface area contributed by atoms with E-state index >= 15 is 0 Å². The molecule has 0 saturated heterocycles. The number of hydrogen-bond acceptors (Lipinski definition) is 5. The molecule has 3 heterocycles. The lowest BCUT2D eigenvalue weighted by Crippen LogP contribution is -2.14.